The van der Waals surface area contributed by atoms with Crippen molar-refractivity contribution in [3.05, 3.63) is 35.9 Å². The van der Waals surface area contributed by atoms with Crippen LogP contribution in [-0.4, -0.2) is 13.2 Å². The number of rotatable bonds is 10. The van der Waals surface area contributed by atoms with E-state index >= 15 is 0 Å². The van der Waals surface area contributed by atoms with Crippen molar-refractivity contribution in [3.8, 4) is 0 Å². The standard InChI is InChI=1S/C15H25O2PS/c1-3-5-12-16-18(19,17-13-6-4-2)14-15-10-8-7-9-11-15/h7-11H,3-6,12-14H2,1-2H3. The molecular formula is C15H25O2PS. The Hall–Kier alpha value is -0.210. The third kappa shape index (κ3) is 7.22. The van der Waals surface area contributed by atoms with Crippen LogP contribution >= 0.6 is 6.49 Å². The third-order valence-corrected chi connectivity index (χ3v) is 5.71. The maximum Gasteiger partial charge on any atom is 0.193 e. The van der Waals surface area contributed by atoms with Gasteiger partial charge in [0.2, 0.25) is 0 Å². The second kappa shape index (κ2) is 9.66. The van der Waals surface area contributed by atoms with Gasteiger partial charge in [-0.2, -0.15) is 0 Å². The van der Waals surface area contributed by atoms with Crippen LogP contribution in [-0.2, 0) is 27.0 Å². The molecule has 0 amide bonds. The smallest absolute Gasteiger partial charge is 0.193 e. The fourth-order valence-corrected chi connectivity index (χ4v) is 4.26. The van der Waals surface area contributed by atoms with E-state index in [0.717, 1.165) is 31.8 Å². The molecule has 19 heavy (non-hydrogen) atoms. The second-order valence-electron chi connectivity index (χ2n) is 4.63. The molecular weight excluding hydrogens is 275 g/mol. The van der Waals surface area contributed by atoms with Gasteiger partial charge in [-0.05, 0) is 30.2 Å². The maximum absolute atomic E-state index is 5.92. The molecule has 2 nitrogen and oxygen atoms in total. The quantitative estimate of drug-likeness (QED) is 0.441. The van der Waals surface area contributed by atoms with E-state index in [2.05, 4.69) is 26.0 Å². The molecule has 1 aromatic rings. The lowest BCUT2D eigenvalue weighted by Crippen LogP contribution is -2.01. The van der Waals surface area contributed by atoms with E-state index < -0.39 is 6.49 Å². The lowest BCUT2D eigenvalue weighted by Gasteiger charge is -2.22. The molecule has 0 fully saturated rings. The molecule has 0 aromatic heterocycles. The average molecular weight is 300 g/mol. The minimum Gasteiger partial charge on any atom is -0.329 e. The van der Waals surface area contributed by atoms with Crippen molar-refractivity contribution in [2.24, 2.45) is 0 Å². The minimum absolute atomic E-state index is 0.715. The van der Waals surface area contributed by atoms with Crippen molar-refractivity contribution in [2.45, 2.75) is 45.7 Å². The molecule has 0 aliphatic carbocycles. The summed E-state index contributed by atoms with van der Waals surface area (Å²) < 4.78 is 11.8. The molecule has 4 heteroatoms. The molecule has 0 atom stereocenters. The molecule has 0 radical (unpaired) electrons. The predicted octanol–water partition coefficient (Wildman–Crippen LogP) is 5.13. The molecule has 0 saturated carbocycles. The van der Waals surface area contributed by atoms with Crippen LogP contribution in [0.15, 0.2) is 30.3 Å². The van der Waals surface area contributed by atoms with Gasteiger partial charge in [0.15, 0.2) is 6.49 Å². The molecule has 0 bridgehead atoms. The first-order chi connectivity index (χ1) is 9.20. The second-order valence-corrected chi connectivity index (χ2v) is 8.35. The molecule has 0 unspecified atom stereocenters. The summed E-state index contributed by atoms with van der Waals surface area (Å²) in [4.78, 5) is 0. The summed E-state index contributed by atoms with van der Waals surface area (Å²) in [5.41, 5.74) is 1.21. The molecule has 0 saturated heterocycles. The number of hydrogen-bond acceptors (Lipinski definition) is 3. The van der Waals surface area contributed by atoms with Crippen LogP contribution in [0.25, 0.3) is 0 Å². The molecule has 1 rings (SSSR count). The van der Waals surface area contributed by atoms with Gasteiger partial charge in [-0.15, -0.1) is 0 Å². The SMILES string of the molecule is CCCCOP(=S)(Cc1ccccc1)OCCCC. The van der Waals surface area contributed by atoms with Crippen molar-refractivity contribution in [1.82, 2.24) is 0 Å². The van der Waals surface area contributed by atoms with E-state index in [-0.39, 0.29) is 0 Å². The van der Waals surface area contributed by atoms with Crippen molar-refractivity contribution in [3.63, 3.8) is 0 Å². The van der Waals surface area contributed by atoms with E-state index in [1.54, 1.807) is 0 Å². The normalized spacial score (nSPS) is 11.7. The van der Waals surface area contributed by atoms with Gasteiger partial charge in [0.1, 0.15) is 0 Å². The monoisotopic (exact) mass is 300 g/mol. The molecule has 0 N–H and O–H groups in total. The van der Waals surface area contributed by atoms with E-state index in [1.165, 1.54) is 5.56 Å². The Kier molecular flexibility index (Phi) is 8.56. The summed E-state index contributed by atoms with van der Waals surface area (Å²) in [6, 6.07) is 10.3. The maximum atomic E-state index is 5.92. The Labute approximate surface area is 122 Å². The van der Waals surface area contributed by atoms with Crippen LogP contribution in [0.2, 0.25) is 0 Å². The Morgan fingerprint density at radius 1 is 0.947 bits per heavy atom. The zero-order valence-electron chi connectivity index (χ0n) is 12.0. The summed E-state index contributed by atoms with van der Waals surface area (Å²) in [6.45, 7) is 3.57. The van der Waals surface area contributed by atoms with Crippen molar-refractivity contribution in [1.29, 1.82) is 0 Å². The Balaban J connectivity index is 2.59. The van der Waals surface area contributed by atoms with Gasteiger partial charge < -0.3 is 9.05 Å². The summed E-state index contributed by atoms with van der Waals surface area (Å²) in [5.74, 6) is 0. The van der Waals surface area contributed by atoms with Gasteiger partial charge in [-0.25, -0.2) is 0 Å². The highest BCUT2D eigenvalue weighted by molar-refractivity contribution is 8.09. The van der Waals surface area contributed by atoms with Crippen LogP contribution in [0.5, 0.6) is 0 Å². The zero-order valence-corrected chi connectivity index (χ0v) is 13.7. The Bertz CT molecular complexity index is 367. The van der Waals surface area contributed by atoms with Crippen molar-refractivity contribution >= 4 is 18.3 Å². The van der Waals surface area contributed by atoms with E-state index in [4.69, 9.17) is 20.9 Å². The Morgan fingerprint density at radius 3 is 1.95 bits per heavy atom. The van der Waals surface area contributed by atoms with E-state index in [9.17, 15) is 0 Å². The van der Waals surface area contributed by atoms with Gasteiger partial charge in [0, 0.05) is 6.16 Å². The minimum atomic E-state index is -2.17. The van der Waals surface area contributed by atoms with Gasteiger partial charge in [-0.1, -0.05) is 57.0 Å². The molecule has 0 aliphatic rings. The fraction of sp³-hybridized carbons (Fsp3) is 0.600. The van der Waals surface area contributed by atoms with Crippen molar-refractivity contribution in [2.75, 3.05) is 13.2 Å². The molecule has 0 heterocycles. The van der Waals surface area contributed by atoms with Crippen molar-refractivity contribution < 1.29 is 9.05 Å². The average Bonchev–Trinajstić information content (AvgIpc) is 2.40. The Morgan fingerprint density at radius 2 is 1.47 bits per heavy atom. The van der Waals surface area contributed by atoms with Gasteiger partial charge in [0.05, 0.1) is 13.2 Å². The van der Waals surface area contributed by atoms with E-state index in [0.29, 0.717) is 13.2 Å². The van der Waals surface area contributed by atoms with Crippen LogP contribution in [0, 0.1) is 0 Å². The molecule has 1 aromatic carbocycles. The van der Waals surface area contributed by atoms with Gasteiger partial charge in [0.25, 0.3) is 0 Å². The number of benzene rings is 1. The first kappa shape index (κ1) is 16.8. The van der Waals surface area contributed by atoms with Gasteiger partial charge >= 0.3 is 0 Å². The topological polar surface area (TPSA) is 18.5 Å². The number of hydrogen-bond donors (Lipinski definition) is 0. The highest BCUT2D eigenvalue weighted by atomic mass is 32.5. The lowest BCUT2D eigenvalue weighted by atomic mass is 10.2. The molecule has 108 valence electrons. The summed E-state index contributed by atoms with van der Waals surface area (Å²) in [5, 5.41) is 0. The van der Waals surface area contributed by atoms with E-state index in [1.807, 2.05) is 18.2 Å². The van der Waals surface area contributed by atoms with Crippen LogP contribution < -0.4 is 0 Å². The van der Waals surface area contributed by atoms with Gasteiger partial charge in [-0.3, -0.25) is 0 Å². The highest BCUT2D eigenvalue weighted by Crippen LogP contribution is 2.52. The zero-order chi connectivity index (χ0) is 14.0. The predicted molar refractivity (Wildman–Crippen MR) is 86.2 cm³/mol. The first-order valence-electron chi connectivity index (χ1n) is 7.12. The third-order valence-electron chi connectivity index (χ3n) is 2.79. The lowest BCUT2D eigenvalue weighted by molar-refractivity contribution is 0.240. The largest absolute Gasteiger partial charge is 0.329 e. The summed E-state index contributed by atoms with van der Waals surface area (Å²) in [6.07, 6.45) is 5.07. The van der Waals surface area contributed by atoms with Crippen LogP contribution in [0.4, 0.5) is 0 Å². The molecule has 0 aliphatic heterocycles. The van der Waals surface area contributed by atoms with Crippen LogP contribution in [0.3, 0.4) is 0 Å². The fourth-order valence-electron chi connectivity index (χ4n) is 1.63. The molecule has 0 spiro atoms. The summed E-state index contributed by atoms with van der Waals surface area (Å²) >= 11 is 5.68. The first-order valence-corrected chi connectivity index (χ1v) is 9.94. The van der Waals surface area contributed by atoms with Crippen LogP contribution in [0.1, 0.15) is 45.1 Å². The summed E-state index contributed by atoms with van der Waals surface area (Å²) in [7, 11) is 0. The number of unbranched alkanes of at least 4 members (excludes halogenated alkanes) is 2. The highest BCUT2D eigenvalue weighted by Gasteiger charge is 2.19.